The summed E-state index contributed by atoms with van der Waals surface area (Å²) in [5, 5.41) is 3.47. The second-order valence-electron chi connectivity index (χ2n) is 5.48. The molecule has 2 heterocycles. The van der Waals surface area contributed by atoms with Gasteiger partial charge < -0.3 is 14.6 Å². The number of hydrogen-bond donors (Lipinski definition) is 1. The Bertz CT molecular complexity index is 558. The highest BCUT2D eigenvalue weighted by Crippen LogP contribution is 2.23. The Morgan fingerprint density at radius 1 is 1.47 bits per heavy atom. The molecule has 1 unspecified atom stereocenters. The van der Waals surface area contributed by atoms with Gasteiger partial charge >= 0.3 is 0 Å². The van der Waals surface area contributed by atoms with Crippen LogP contribution in [0.3, 0.4) is 0 Å². The number of anilines is 1. The average molecular weight is 259 g/mol. The predicted octanol–water partition coefficient (Wildman–Crippen LogP) is 2.57. The zero-order valence-corrected chi connectivity index (χ0v) is 11.6. The number of nitrogens with one attached hydrogen (secondary N) is 1. The summed E-state index contributed by atoms with van der Waals surface area (Å²) >= 11 is 0. The first-order chi connectivity index (χ1) is 9.22. The predicted molar refractivity (Wildman–Crippen MR) is 77.6 cm³/mol. The molecule has 1 aliphatic heterocycles. The molecule has 1 atom stereocenters. The molecular weight excluding hydrogens is 238 g/mol. The van der Waals surface area contributed by atoms with E-state index in [-0.39, 0.29) is 0 Å². The minimum Gasteiger partial charge on any atom is -0.441 e. The van der Waals surface area contributed by atoms with Crippen LogP contribution in [-0.4, -0.2) is 31.7 Å². The number of rotatable bonds is 3. The maximum Gasteiger partial charge on any atom is 0.192 e. The summed E-state index contributed by atoms with van der Waals surface area (Å²) in [5.74, 6) is 1.47. The standard InChI is InChI=1S/C15H21N3O/c1-11-17-14-6-5-13(8-15(14)19-11)18(2)10-12-4-3-7-16-9-12/h5-6,8,12,16H,3-4,7,9-10H2,1-2H3. The van der Waals surface area contributed by atoms with E-state index in [1.165, 1.54) is 25.1 Å². The molecule has 1 aliphatic rings. The van der Waals surface area contributed by atoms with Gasteiger partial charge in [-0.15, -0.1) is 0 Å². The van der Waals surface area contributed by atoms with E-state index < -0.39 is 0 Å². The fourth-order valence-corrected chi connectivity index (χ4v) is 2.84. The van der Waals surface area contributed by atoms with Gasteiger partial charge in [0.15, 0.2) is 11.5 Å². The quantitative estimate of drug-likeness (QED) is 0.920. The van der Waals surface area contributed by atoms with Crippen molar-refractivity contribution in [3.05, 3.63) is 24.1 Å². The molecule has 1 saturated heterocycles. The zero-order chi connectivity index (χ0) is 13.2. The molecule has 0 amide bonds. The van der Waals surface area contributed by atoms with E-state index in [1.54, 1.807) is 0 Å². The van der Waals surface area contributed by atoms with Crippen molar-refractivity contribution in [1.29, 1.82) is 0 Å². The van der Waals surface area contributed by atoms with E-state index in [0.29, 0.717) is 0 Å². The third-order valence-corrected chi connectivity index (χ3v) is 3.85. The Kier molecular flexibility index (Phi) is 3.42. The summed E-state index contributed by atoms with van der Waals surface area (Å²) in [6.45, 7) is 5.28. The van der Waals surface area contributed by atoms with Crippen molar-refractivity contribution in [2.75, 3.05) is 31.6 Å². The molecule has 1 aromatic heterocycles. The first-order valence-corrected chi connectivity index (χ1v) is 7.01. The lowest BCUT2D eigenvalue weighted by atomic mass is 9.99. The van der Waals surface area contributed by atoms with Crippen molar-refractivity contribution in [1.82, 2.24) is 10.3 Å². The number of piperidine rings is 1. The molecule has 4 heteroatoms. The van der Waals surface area contributed by atoms with Gasteiger partial charge in [0.25, 0.3) is 0 Å². The van der Waals surface area contributed by atoms with Gasteiger partial charge in [0.05, 0.1) is 0 Å². The molecule has 1 aromatic carbocycles. The summed E-state index contributed by atoms with van der Waals surface area (Å²) in [5.41, 5.74) is 3.02. The summed E-state index contributed by atoms with van der Waals surface area (Å²) in [7, 11) is 2.15. The minimum atomic E-state index is 0.728. The van der Waals surface area contributed by atoms with Gasteiger partial charge in [-0.05, 0) is 44.0 Å². The second-order valence-corrected chi connectivity index (χ2v) is 5.48. The Morgan fingerprint density at radius 2 is 2.37 bits per heavy atom. The molecule has 2 aromatic rings. The molecule has 19 heavy (non-hydrogen) atoms. The Morgan fingerprint density at radius 3 is 3.16 bits per heavy atom. The second kappa shape index (κ2) is 5.21. The SMILES string of the molecule is Cc1nc2ccc(N(C)CC3CCCNC3)cc2o1. The summed E-state index contributed by atoms with van der Waals surface area (Å²) in [6, 6.07) is 6.25. The van der Waals surface area contributed by atoms with Crippen molar-refractivity contribution >= 4 is 16.8 Å². The number of hydrogen-bond acceptors (Lipinski definition) is 4. The monoisotopic (exact) mass is 259 g/mol. The van der Waals surface area contributed by atoms with Gasteiger partial charge in [-0.1, -0.05) is 0 Å². The molecule has 0 spiro atoms. The highest BCUT2D eigenvalue weighted by molar-refractivity contribution is 5.77. The van der Waals surface area contributed by atoms with Crippen LogP contribution in [-0.2, 0) is 0 Å². The van der Waals surface area contributed by atoms with E-state index in [0.717, 1.165) is 36.0 Å². The maximum atomic E-state index is 5.60. The normalized spacial score (nSPS) is 19.8. The van der Waals surface area contributed by atoms with E-state index in [4.69, 9.17) is 4.42 Å². The van der Waals surface area contributed by atoms with Crippen LogP contribution in [0.4, 0.5) is 5.69 Å². The van der Waals surface area contributed by atoms with Crippen molar-refractivity contribution < 1.29 is 4.42 Å². The highest BCUT2D eigenvalue weighted by atomic mass is 16.3. The number of oxazole rings is 1. The number of aryl methyl sites for hydroxylation is 1. The first kappa shape index (κ1) is 12.5. The first-order valence-electron chi connectivity index (χ1n) is 7.01. The van der Waals surface area contributed by atoms with E-state index in [2.05, 4.69) is 34.4 Å². The van der Waals surface area contributed by atoms with Crippen LogP contribution in [0.15, 0.2) is 22.6 Å². The summed E-state index contributed by atoms with van der Waals surface area (Å²) in [4.78, 5) is 6.65. The number of aromatic nitrogens is 1. The van der Waals surface area contributed by atoms with E-state index in [9.17, 15) is 0 Å². The lowest BCUT2D eigenvalue weighted by Crippen LogP contribution is -2.36. The third-order valence-electron chi connectivity index (χ3n) is 3.85. The molecule has 1 N–H and O–H groups in total. The fourth-order valence-electron chi connectivity index (χ4n) is 2.84. The molecule has 4 nitrogen and oxygen atoms in total. The van der Waals surface area contributed by atoms with Crippen molar-refractivity contribution in [2.45, 2.75) is 19.8 Å². The van der Waals surface area contributed by atoms with Gasteiger partial charge in [-0.3, -0.25) is 0 Å². The van der Waals surface area contributed by atoms with E-state index >= 15 is 0 Å². The van der Waals surface area contributed by atoms with Crippen LogP contribution in [0.1, 0.15) is 18.7 Å². The third kappa shape index (κ3) is 2.73. The lowest BCUT2D eigenvalue weighted by Gasteiger charge is -2.28. The molecule has 0 bridgehead atoms. The average Bonchev–Trinajstić information content (AvgIpc) is 2.78. The smallest absolute Gasteiger partial charge is 0.192 e. The Labute approximate surface area is 113 Å². The lowest BCUT2D eigenvalue weighted by molar-refractivity contribution is 0.381. The van der Waals surface area contributed by atoms with Crippen LogP contribution in [0, 0.1) is 12.8 Å². The summed E-state index contributed by atoms with van der Waals surface area (Å²) in [6.07, 6.45) is 2.61. The highest BCUT2D eigenvalue weighted by Gasteiger charge is 2.15. The number of benzene rings is 1. The Balaban J connectivity index is 1.74. The van der Waals surface area contributed by atoms with Crippen molar-refractivity contribution in [3.63, 3.8) is 0 Å². The largest absolute Gasteiger partial charge is 0.441 e. The molecule has 102 valence electrons. The molecule has 0 saturated carbocycles. The van der Waals surface area contributed by atoms with Crippen LogP contribution in [0.2, 0.25) is 0 Å². The summed E-state index contributed by atoms with van der Waals surface area (Å²) < 4.78 is 5.60. The van der Waals surface area contributed by atoms with Crippen molar-refractivity contribution in [2.24, 2.45) is 5.92 Å². The van der Waals surface area contributed by atoms with Crippen molar-refractivity contribution in [3.8, 4) is 0 Å². The number of fused-ring (bicyclic) bond motifs is 1. The van der Waals surface area contributed by atoms with Gasteiger partial charge in [-0.2, -0.15) is 0 Å². The van der Waals surface area contributed by atoms with Gasteiger partial charge in [-0.25, -0.2) is 4.98 Å². The topological polar surface area (TPSA) is 41.3 Å². The molecule has 0 radical (unpaired) electrons. The van der Waals surface area contributed by atoms with Gasteiger partial charge in [0.1, 0.15) is 5.52 Å². The molecule has 1 fully saturated rings. The van der Waals surface area contributed by atoms with E-state index in [1.807, 2.05) is 13.0 Å². The van der Waals surface area contributed by atoms with Crippen LogP contribution >= 0.6 is 0 Å². The van der Waals surface area contributed by atoms with Crippen LogP contribution in [0.25, 0.3) is 11.1 Å². The minimum absolute atomic E-state index is 0.728. The zero-order valence-electron chi connectivity index (χ0n) is 11.6. The van der Waals surface area contributed by atoms with Crippen LogP contribution in [0.5, 0.6) is 0 Å². The fraction of sp³-hybridized carbons (Fsp3) is 0.533. The molecule has 3 rings (SSSR count). The van der Waals surface area contributed by atoms with Crippen LogP contribution < -0.4 is 10.2 Å². The maximum absolute atomic E-state index is 5.60. The Hall–Kier alpha value is -1.55. The molecule has 0 aliphatic carbocycles. The molecular formula is C15H21N3O. The number of nitrogens with zero attached hydrogens (tertiary/aromatic N) is 2. The van der Waals surface area contributed by atoms with Gasteiger partial charge in [0.2, 0.25) is 0 Å². The van der Waals surface area contributed by atoms with Gasteiger partial charge in [0, 0.05) is 32.3 Å².